The van der Waals surface area contributed by atoms with Gasteiger partial charge in [0.15, 0.2) is 0 Å². The molecule has 0 aromatic rings. The van der Waals surface area contributed by atoms with Crippen molar-refractivity contribution in [3.05, 3.63) is 11.8 Å². The number of cyclic esters (lactones) is 1. The summed E-state index contributed by atoms with van der Waals surface area (Å²) in [5.74, 6) is 0. The smallest absolute Gasteiger partial charge is 0.414 e. The molecular weight excluding hydrogens is 202 g/mol. The van der Waals surface area contributed by atoms with E-state index in [1.807, 2.05) is 0 Å². The Morgan fingerprint density at radius 3 is 2.75 bits per heavy atom. The first kappa shape index (κ1) is 13.1. The molecular formula is C13H23NO2. The van der Waals surface area contributed by atoms with Gasteiger partial charge in [0, 0.05) is 5.70 Å². The van der Waals surface area contributed by atoms with Crippen molar-refractivity contribution < 1.29 is 9.53 Å². The van der Waals surface area contributed by atoms with Gasteiger partial charge >= 0.3 is 6.09 Å². The average Bonchev–Trinajstić information content (AvgIpc) is 2.70. The van der Waals surface area contributed by atoms with E-state index in [1.165, 1.54) is 25.7 Å². The maximum atomic E-state index is 11.4. The minimum Gasteiger partial charge on any atom is -0.447 e. The molecule has 0 aliphatic carbocycles. The molecule has 1 aliphatic heterocycles. The van der Waals surface area contributed by atoms with Gasteiger partial charge in [-0.2, -0.15) is 0 Å². The van der Waals surface area contributed by atoms with Crippen molar-refractivity contribution in [1.82, 2.24) is 4.90 Å². The molecule has 0 aromatic carbocycles. The number of amides is 1. The number of carbonyl (C=O) groups is 1. The van der Waals surface area contributed by atoms with E-state index in [0.29, 0.717) is 13.2 Å². The highest BCUT2D eigenvalue weighted by Crippen LogP contribution is 2.16. The lowest BCUT2D eigenvalue weighted by molar-refractivity contribution is 0.163. The second-order valence-corrected chi connectivity index (χ2v) is 4.16. The fraction of sp³-hybridized carbons (Fsp3) is 0.769. The molecule has 3 heteroatoms. The first-order valence-corrected chi connectivity index (χ1v) is 6.43. The van der Waals surface area contributed by atoms with E-state index in [-0.39, 0.29) is 6.09 Å². The predicted octanol–water partition coefficient (Wildman–Crippen LogP) is 3.70. The fourth-order valence-electron chi connectivity index (χ4n) is 1.94. The maximum absolute atomic E-state index is 11.4. The summed E-state index contributed by atoms with van der Waals surface area (Å²) in [5, 5.41) is 0. The number of unbranched alkanes of at least 4 members (excludes halogenated alkanes) is 4. The largest absolute Gasteiger partial charge is 0.447 e. The molecule has 0 bridgehead atoms. The van der Waals surface area contributed by atoms with Crippen LogP contribution in [0.5, 0.6) is 0 Å². The van der Waals surface area contributed by atoms with Crippen LogP contribution in [-0.4, -0.2) is 24.1 Å². The second-order valence-electron chi connectivity index (χ2n) is 4.16. The first-order chi connectivity index (χ1) is 7.79. The van der Waals surface area contributed by atoms with Gasteiger partial charge in [-0.3, -0.25) is 4.90 Å². The predicted molar refractivity (Wildman–Crippen MR) is 65.2 cm³/mol. The van der Waals surface area contributed by atoms with Crippen molar-refractivity contribution >= 4 is 6.09 Å². The number of rotatable bonds is 7. The summed E-state index contributed by atoms with van der Waals surface area (Å²) in [6, 6.07) is 0. The third-order valence-electron chi connectivity index (χ3n) is 2.91. The minimum atomic E-state index is -0.179. The quantitative estimate of drug-likeness (QED) is 0.618. The molecule has 0 atom stereocenters. The van der Waals surface area contributed by atoms with Crippen LogP contribution < -0.4 is 0 Å². The van der Waals surface area contributed by atoms with Gasteiger partial charge in [-0.25, -0.2) is 4.79 Å². The van der Waals surface area contributed by atoms with E-state index in [4.69, 9.17) is 4.74 Å². The van der Waals surface area contributed by atoms with Crippen LogP contribution in [0.1, 0.15) is 52.4 Å². The van der Waals surface area contributed by atoms with Crippen LogP contribution in [0.25, 0.3) is 0 Å². The molecule has 1 fully saturated rings. The highest BCUT2D eigenvalue weighted by atomic mass is 16.6. The molecule has 0 unspecified atom stereocenters. The van der Waals surface area contributed by atoms with Gasteiger partial charge in [0.2, 0.25) is 0 Å². The molecule has 3 nitrogen and oxygen atoms in total. The third-order valence-corrected chi connectivity index (χ3v) is 2.91. The standard InChI is InChI=1S/C13H23NO2/c1-3-5-6-7-8-9-12(4-2)14-10-11-16-13(14)15/h9H,3-8,10-11H2,1-2H3/b12-9-. The molecule has 1 heterocycles. The second kappa shape index (κ2) is 7.31. The molecule has 1 aliphatic rings. The van der Waals surface area contributed by atoms with Crippen LogP contribution in [0, 0.1) is 0 Å². The summed E-state index contributed by atoms with van der Waals surface area (Å²) in [6.07, 6.45) is 9.08. The van der Waals surface area contributed by atoms with Crippen molar-refractivity contribution in [2.24, 2.45) is 0 Å². The number of nitrogens with zero attached hydrogens (tertiary/aromatic N) is 1. The van der Waals surface area contributed by atoms with Crippen molar-refractivity contribution in [3.8, 4) is 0 Å². The summed E-state index contributed by atoms with van der Waals surface area (Å²) in [7, 11) is 0. The van der Waals surface area contributed by atoms with Crippen molar-refractivity contribution in [2.75, 3.05) is 13.2 Å². The molecule has 16 heavy (non-hydrogen) atoms. The van der Waals surface area contributed by atoms with Crippen LogP contribution >= 0.6 is 0 Å². The van der Waals surface area contributed by atoms with E-state index >= 15 is 0 Å². The minimum absolute atomic E-state index is 0.179. The van der Waals surface area contributed by atoms with E-state index in [2.05, 4.69) is 19.9 Å². The summed E-state index contributed by atoms with van der Waals surface area (Å²) >= 11 is 0. The average molecular weight is 225 g/mol. The molecule has 0 aromatic heterocycles. The van der Waals surface area contributed by atoms with Crippen LogP contribution in [0.3, 0.4) is 0 Å². The first-order valence-electron chi connectivity index (χ1n) is 6.43. The molecule has 0 spiro atoms. The van der Waals surface area contributed by atoms with Gasteiger partial charge in [-0.1, -0.05) is 39.2 Å². The number of hydrogen-bond acceptors (Lipinski definition) is 2. The highest BCUT2D eigenvalue weighted by molar-refractivity contribution is 5.71. The lowest BCUT2D eigenvalue weighted by Gasteiger charge is -2.15. The molecule has 1 rings (SSSR count). The van der Waals surface area contributed by atoms with Gasteiger partial charge < -0.3 is 4.74 Å². The molecule has 0 saturated carbocycles. The SMILES string of the molecule is CCCCCC/C=C(/CC)N1CCOC1=O. The Morgan fingerprint density at radius 1 is 1.38 bits per heavy atom. The lowest BCUT2D eigenvalue weighted by atomic mass is 10.1. The number of carbonyl (C=O) groups excluding carboxylic acids is 1. The molecule has 1 amide bonds. The van der Waals surface area contributed by atoms with Crippen molar-refractivity contribution in [1.29, 1.82) is 0 Å². The highest BCUT2D eigenvalue weighted by Gasteiger charge is 2.23. The third kappa shape index (κ3) is 3.87. The Kier molecular flexibility index (Phi) is 5.98. The fourth-order valence-corrected chi connectivity index (χ4v) is 1.94. The molecule has 92 valence electrons. The Morgan fingerprint density at radius 2 is 2.19 bits per heavy atom. The van der Waals surface area contributed by atoms with Crippen LogP contribution in [-0.2, 0) is 4.74 Å². The van der Waals surface area contributed by atoms with E-state index < -0.39 is 0 Å². The summed E-state index contributed by atoms with van der Waals surface area (Å²) < 4.78 is 4.94. The summed E-state index contributed by atoms with van der Waals surface area (Å²) in [6.45, 7) is 5.55. The Labute approximate surface area is 98.5 Å². The maximum Gasteiger partial charge on any atom is 0.414 e. The zero-order valence-corrected chi connectivity index (χ0v) is 10.5. The van der Waals surface area contributed by atoms with Gasteiger partial charge in [0.05, 0.1) is 6.54 Å². The van der Waals surface area contributed by atoms with Crippen molar-refractivity contribution in [3.63, 3.8) is 0 Å². The Balaban J connectivity index is 2.34. The van der Waals surface area contributed by atoms with E-state index in [0.717, 1.165) is 18.5 Å². The molecule has 0 radical (unpaired) electrons. The Bertz CT molecular complexity index is 248. The van der Waals surface area contributed by atoms with Gasteiger partial charge in [0.25, 0.3) is 0 Å². The lowest BCUT2D eigenvalue weighted by Crippen LogP contribution is -2.23. The van der Waals surface area contributed by atoms with E-state index in [9.17, 15) is 4.79 Å². The van der Waals surface area contributed by atoms with Gasteiger partial charge in [-0.15, -0.1) is 0 Å². The number of hydrogen-bond donors (Lipinski definition) is 0. The van der Waals surface area contributed by atoms with Crippen LogP contribution in [0.2, 0.25) is 0 Å². The Hall–Kier alpha value is -0.990. The topological polar surface area (TPSA) is 29.5 Å². The monoisotopic (exact) mass is 225 g/mol. The zero-order valence-electron chi connectivity index (χ0n) is 10.5. The van der Waals surface area contributed by atoms with Crippen LogP contribution in [0.15, 0.2) is 11.8 Å². The van der Waals surface area contributed by atoms with Gasteiger partial charge in [-0.05, 0) is 19.3 Å². The van der Waals surface area contributed by atoms with Crippen molar-refractivity contribution in [2.45, 2.75) is 52.4 Å². The summed E-state index contributed by atoms with van der Waals surface area (Å²) in [4.78, 5) is 13.1. The van der Waals surface area contributed by atoms with Gasteiger partial charge in [0.1, 0.15) is 6.61 Å². The number of allylic oxidation sites excluding steroid dienone is 2. The molecule has 1 saturated heterocycles. The molecule has 0 N–H and O–H groups in total. The van der Waals surface area contributed by atoms with Crippen LogP contribution in [0.4, 0.5) is 4.79 Å². The summed E-state index contributed by atoms with van der Waals surface area (Å²) in [5.41, 5.74) is 1.12. The number of ether oxygens (including phenoxy) is 1. The van der Waals surface area contributed by atoms with E-state index in [1.54, 1.807) is 4.90 Å². The normalized spacial score (nSPS) is 16.8. The zero-order chi connectivity index (χ0) is 11.8.